The van der Waals surface area contributed by atoms with Crippen LogP contribution in [0.2, 0.25) is 5.02 Å². The van der Waals surface area contributed by atoms with Gasteiger partial charge in [-0.15, -0.1) is 0 Å². The molecule has 0 radical (unpaired) electrons. The molecule has 0 saturated heterocycles. The highest BCUT2D eigenvalue weighted by Gasteiger charge is 2.08. The van der Waals surface area contributed by atoms with Gasteiger partial charge in [0.15, 0.2) is 0 Å². The number of pyridine rings is 1. The molecule has 3 aromatic rings. The van der Waals surface area contributed by atoms with Crippen LogP contribution < -0.4 is 5.32 Å². The average molecular weight is 286 g/mol. The molecule has 5 heteroatoms. The normalized spacial score (nSPS) is 10.4. The maximum absolute atomic E-state index is 6.25. The Morgan fingerprint density at radius 2 is 2.00 bits per heavy atom. The number of oxazole rings is 1. The van der Waals surface area contributed by atoms with Gasteiger partial charge in [-0.25, -0.2) is 4.98 Å². The van der Waals surface area contributed by atoms with Crippen LogP contribution in [0.1, 0.15) is 5.89 Å². The largest absolute Gasteiger partial charge is 0.447 e. The zero-order valence-corrected chi connectivity index (χ0v) is 11.3. The van der Waals surface area contributed by atoms with E-state index in [1.54, 1.807) is 24.9 Å². The van der Waals surface area contributed by atoms with E-state index in [2.05, 4.69) is 15.3 Å². The lowest BCUT2D eigenvalue weighted by Gasteiger charge is -2.11. The van der Waals surface area contributed by atoms with Crippen LogP contribution in [0.15, 0.2) is 59.6 Å². The van der Waals surface area contributed by atoms with Gasteiger partial charge in [-0.3, -0.25) is 4.98 Å². The zero-order chi connectivity index (χ0) is 13.8. The summed E-state index contributed by atoms with van der Waals surface area (Å²) in [7, 11) is 0. The molecule has 0 unspecified atom stereocenters. The van der Waals surface area contributed by atoms with E-state index in [9.17, 15) is 0 Å². The zero-order valence-electron chi connectivity index (χ0n) is 10.6. The van der Waals surface area contributed by atoms with E-state index in [4.69, 9.17) is 16.0 Å². The van der Waals surface area contributed by atoms with Crippen molar-refractivity contribution in [3.63, 3.8) is 0 Å². The summed E-state index contributed by atoms with van der Waals surface area (Å²) in [6.45, 7) is 0.496. The molecular formula is C15H12ClN3O. The van der Waals surface area contributed by atoms with Gasteiger partial charge in [0.05, 0.1) is 24.6 Å². The van der Waals surface area contributed by atoms with E-state index in [-0.39, 0.29) is 0 Å². The Kier molecular flexibility index (Phi) is 3.65. The summed E-state index contributed by atoms with van der Waals surface area (Å²) in [6, 6.07) is 9.65. The quantitative estimate of drug-likeness (QED) is 0.787. The van der Waals surface area contributed by atoms with Crippen molar-refractivity contribution < 1.29 is 4.42 Å². The van der Waals surface area contributed by atoms with Crippen molar-refractivity contribution in [3.05, 3.63) is 66.1 Å². The fraction of sp³-hybridized carbons (Fsp3) is 0.0667. The third-order valence-corrected chi connectivity index (χ3v) is 3.23. The third kappa shape index (κ3) is 2.65. The molecule has 4 nitrogen and oxygen atoms in total. The molecule has 0 saturated carbocycles. The summed E-state index contributed by atoms with van der Waals surface area (Å²) < 4.78 is 5.20. The van der Waals surface area contributed by atoms with Gasteiger partial charge in [0.1, 0.15) is 6.26 Å². The maximum atomic E-state index is 6.25. The van der Waals surface area contributed by atoms with E-state index < -0.39 is 0 Å². The average Bonchev–Trinajstić information content (AvgIpc) is 2.99. The van der Waals surface area contributed by atoms with Crippen molar-refractivity contribution in [1.29, 1.82) is 0 Å². The molecule has 3 rings (SSSR count). The molecule has 2 heterocycles. The third-order valence-electron chi connectivity index (χ3n) is 2.90. The molecule has 0 aliphatic rings. The Bertz CT molecular complexity index is 698. The second kappa shape index (κ2) is 5.75. The Morgan fingerprint density at radius 3 is 2.80 bits per heavy atom. The summed E-state index contributed by atoms with van der Waals surface area (Å²) in [4.78, 5) is 8.22. The standard InChI is InChI=1S/C15H12ClN3O/c16-13-4-2-1-3-11(13)12-5-6-17-9-14(12)19-10-15-18-7-8-20-15/h1-9,19H,10H2. The highest BCUT2D eigenvalue weighted by atomic mass is 35.5. The van der Waals surface area contributed by atoms with Crippen molar-refractivity contribution in [2.24, 2.45) is 0 Å². The second-order valence-corrected chi connectivity index (χ2v) is 4.59. The molecule has 0 aliphatic heterocycles. The Balaban J connectivity index is 1.90. The summed E-state index contributed by atoms with van der Waals surface area (Å²) in [5, 5.41) is 3.97. The molecule has 0 fully saturated rings. The van der Waals surface area contributed by atoms with Gasteiger partial charge in [0.25, 0.3) is 0 Å². The fourth-order valence-electron chi connectivity index (χ4n) is 1.96. The van der Waals surface area contributed by atoms with Crippen LogP contribution >= 0.6 is 11.6 Å². The highest BCUT2D eigenvalue weighted by molar-refractivity contribution is 6.33. The van der Waals surface area contributed by atoms with E-state index in [1.807, 2.05) is 30.3 Å². The first-order chi connectivity index (χ1) is 9.84. The summed E-state index contributed by atoms with van der Waals surface area (Å²) in [6.07, 6.45) is 6.68. The topological polar surface area (TPSA) is 51.0 Å². The summed E-state index contributed by atoms with van der Waals surface area (Å²) in [5.74, 6) is 0.624. The minimum atomic E-state index is 0.496. The maximum Gasteiger partial charge on any atom is 0.213 e. The molecule has 2 aromatic heterocycles. The van der Waals surface area contributed by atoms with E-state index in [1.165, 1.54) is 0 Å². The Hall–Kier alpha value is -2.33. The van der Waals surface area contributed by atoms with Gasteiger partial charge in [0, 0.05) is 22.3 Å². The van der Waals surface area contributed by atoms with E-state index in [0.29, 0.717) is 17.5 Å². The molecule has 0 amide bonds. The van der Waals surface area contributed by atoms with Crippen molar-refractivity contribution in [2.45, 2.75) is 6.54 Å². The van der Waals surface area contributed by atoms with Crippen molar-refractivity contribution in [3.8, 4) is 11.1 Å². The number of hydrogen-bond donors (Lipinski definition) is 1. The summed E-state index contributed by atoms with van der Waals surface area (Å²) >= 11 is 6.25. The molecule has 0 atom stereocenters. The number of rotatable bonds is 4. The minimum absolute atomic E-state index is 0.496. The Morgan fingerprint density at radius 1 is 1.10 bits per heavy atom. The first-order valence-electron chi connectivity index (χ1n) is 6.16. The molecule has 0 bridgehead atoms. The van der Waals surface area contributed by atoms with Crippen LogP contribution in [0.25, 0.3) is 11.1 Å². The van der Waals surface area contributed by atoms with Crippen LogP contribution in [-0.4, -0.2) is 9.97 Å². The number of nitrogens with one attached hydrogen (secondary N) is 1. The van der Waals surface area contributed by atoms with Crippen LogP contribution in [0.5, 0.6) is 0 Å². The molecule has 0 aliphatic carbocycles. The first kappa shape index (κ1) is 12.7. The molecule has 100 valence electrons. The van der Waals surface area contributed by atoms with Crippen LogP contribution in [0.3, 0.4) is 0 Å². The van der Waals surface area contributed by atoms with Gasteiger partial charge >= 0.3 is 0 Å². The smallest absolute Gasteiger partial charge is 0.213 e. The van der Waals surface area contributed by atoms with Gasteiger partial charge in [-0.1, -0.05) is 29.8 Å². The second-order valence-electron chi connectivity index (χ2n) is 4.18. The molecule has 20 heavy (non-hydrogen) atoms. The summed E-state index contributed by atoms with van der Waals surface area (Å²) in [5.41, 5.74) is 2.85. The predicted octanol–water partition coefficient (Wildman–Crippen LogP) is 4.00. The Labute approximate surface area is 121 Å². The van der Waals surface area contributed by atoms with Gasteiger partial charge in [-0.2, -0.15) is 0 Å². The first-order valence-corrected chi connectivity index (χ1v) is 6.53. The van der Waals surface area contributed by atoms with Gasteiger partial charge in [0.2, 0.25) is 5.89 Å². The van der Waals surface area contributed by atoms with Crippen molar-refractivity contribution >= 4 is 17.3 Å². The van der Waals surface area contributed by atoms with E-state index >= 15 is 0 Å². The lowest BCUT2D eigenvalue weighted by Crippen LogP contribution is -2.01. The van der Waals surface area contributed by atoms with Crippen LogP contribution in [0, 0.1) is 0 Å². The van der Waals surface area contributed by atoms with Crippen molar-refractivity contribution in [2.75, 3.05) is 5.32 Å². The molecule has 1 aromatic carbocycles. The molecular weight excluding hydrogens is 274 g/mol. The molecule has 0 spiro atoms. The lowest BCUT2D eigenvalue weighted by atomic mass is 10.1. The highest BCUT2D eigenvalue weighted by Crippen LogP contribution is 2.32. The van der Waals surface area contributed by atoms with Gasteiger partial charge in [-0.05, 0) is 12.1 Å². The lowest BCUT2D eigenvalue weighted by molar-refractivity contribution is 0.504. The molecule has 1 N–H and O–H groups in total. The number of nitrogens with zero attached hydrogens (tertiary/aromatic N) is 2. The minimum Gasteiger partial charge on any atom is -0.447 e. The fourth-order valence-corrected chi connectivity index (χ4v) is 2.20. The monoisotopic (exact) mass is 285 g/mol. The number of hydrogen-bond acceptors (Lipinski definition) is 4. The number of benzene rings is 1. The van der Waals surface area contributed by atoms with Crippen molar-refractivity contribution in [1.82, 2.24) is 9.97 Å². The predicted molar refractivity (Wildman–Crippen MR) is 78.5 cm³/mol. The van der Waals surface area contributed by atoms with Gasteiger partial charge < -0.3 is 9.73 Å². The van der Waals surface area contributed by atoms with Crippen LogP contribution in [0.4, 0.5) is 5.69 Å². The number of aromatic nitrogens is 2. The van der Waals surface area contributed by atoms with Crippen LogP contribution in [-0.2, 0) is 6.54 Å². The number of anilines is 1. The SMILES string of the molecule is Clc1ccccc1-c1ccncc1NCc1ncco1. The van der Waals surface area contributed by atoms with E-state index in [0.717, 1.165) is 16.8 Å². The number of halogens is 1.